The third kappa shape index (κ3) is 7.20. The molecule has 1 fully saturated rings. The SMILES string of the molecule is [Na+].[Na+].[O-][P+]([O-])([O-])C(N1CCOCC1)[P+]([O-])(O)O. The third-order valence-electron chi connectivity index (χ3n) is 1.96. The second-order valence-corrected chi connectivity index (χ2v) is 6.77. The molecule has 0 spiro atoms. The molecule has 0 aromatic heterocycles. The predicted octanol–water partition coefficient (Wildman–Crippen LogP) is -10.4. The molecular formula is C5H11NNa2O7P2. The Bertz CT molecular complexity index is 203. The molecule has 1 aliphatic rings. The molecule has 90 valence electrons. The van der Waals surface area contributed by atoms with E-state index in [-0.39, 0.29) is 85.4 Å². The second kappa shape index (κ2) is 8.74. The first-order valence-electron chi connectivity index (χ1n) is 4.11. The molecule has 0 aromatic rings. The summed E-state index contributed by atoms with van der Waals surface area (Å²) >= 11 is 0. The molecule has 0 aromatic carbocycles. The maximum absolute atomic E-state index is 10.9. The number of nitrogens with zero attached hydrogens (tertiary/aromatic N) is 1. The van der Waals surface area contributed by atoms with E-state index in [0.717, 1.165) is 4.90 Å². The van der Waals surface area contributed by atoms with Crippen LogP contribution in [0.3, 0.4) is 0 Å². The molecule has 1 aliphatic heterocycles. The molecule has 12 heteroatoms. The fourth-order valence-corrected chi connectivity index (χ4v) is 4.17. The van der Waals surface area contributed by atoms with Gasteiger partial charge in [0.25, 0.3) is 13.5 Å². The molecule has 0 radical (unpaired) electrons. The molecule has 17 heavy (non-hydrogen) atoms. The minimum absolute atomic E-state index is 0. The molecule has 0 bridgehead atoms. The van der Waals surface area contributed by atoms with E-state index in [2.05, 4.69) is 0 Å². The van der Waals surface area contributed by atoms with Gasteiger partial charge in [-0.25, -0.2) is 14.7 Å². The smallest absolute Gasteiger partial charge is 0.684 e. The van der Waals surface area contributed by atoms with Gasteiger partial charge in [0.1, 0.15) is 0 Å². The van der Waals surface area contributed by atoms with Crippen LogP contribution in [0.2, 0.25) is 0 Å². The summed E-state index contributed by atoms with van der Waals surface area (Å²) < 4.78 is 4.89. The van der Waals surface area contributed by atoms with Gasteiger partial charge in [-0.1, -0.05) is 7.94 Å². The van der Waals surface area contributed by atoms with Gasteiger partial charge in [-0.2, -0.15) is 0 Å². The molecule has 0 saturated carbocycles. The molecule has 0 aliphatic carbocycles. The van der Waals surface area contributed by atoms with Gasteiger partial charge in [0, 0.05) is 13.1 Å². The maximum Gasteiger partial charge on any atom is 1.00 e. The monoisotopic (exact) mass is 305 g/mol. The summed E-state index contributed by atoms with van der Waals surface area (Å²) in [6.07, 6.45) is 0. The average Bonchev–Trinajstić information content (AvgIpc) is 2.00. The molecule has 1 saturated heterocycles. The zero-order chi connectivity index (χ0) is 11.7. The first kappa shape index (κ1) is 21.8. The number of rotatable bonds is 3. The van der Waals surface area contributed by atoms with Gasteiger partial charge in [0.2, 0.25) is 0 Å². The quantitative estimate of drug-likeness (QED) is 0.386. The van der Waals surface area contributed by atoms with Crippen LogP contribution < -0.4 is 78.7 Å². The predicted molar refractivity (Wildman–Crippen MR) is 44.5 cm³/mol. The Labute approximate surface area is 144 Å². The Kier molecular flexibility index (Phi) is 11.2. The van der Waals surface area contributed by atoms with E-state index in [9.17, 15) is 19.6 Å². The normalized spacial score (nSPS) is 20.1. The van der Waals surface area contributed by atoms with E-state index in [1.165, 1.54) is 0 Å². The van der Waals surface area contributed by atoms with Crippen molar-refractivity contribution in [1.82, 2.24) is 4.90 Å². The zero-order valence-electron chi connectivity index (χ0n) is 9.68. The molecule has 0 amide bonds. The summed E-state index contributed by atoms with van der Waals surface area (Å²) in [6.45, 7) is 0.335. The molecule has 2 N–H and O–H groups in total. The van der Waals surface area contributed by atoms with Gasteiger partial charge in [0.05, 0.1) is 13.2 Å². The first-order chi connectivity index (χ1) is 6.73. The number of ether oxygens (including phenoxy) is 1. The summed E-state index contributed by atoms with van der Waals surface area (Å²) in [5.74, 6) is 0. The van der Waals surface area contributed by atoms with Crippen molar-refractivity contribution in [3.63, 3.8) is 0 Å². The molecule has 1 unspecified atom stereocenters. The van der Waals surface area contributed by atoms with Crippen molar-refractivity contribution in [1.29, 1.82) is 0 Å². The Morgan fingerprint density at radius 3 is 1.71 bits per heavy atom. The van der Waals surface area contributed by atoms with Crippen LogP contribution in [0, 0.1) is 0 Å². The minimum atomic E-state index is -5.36. The van der Waals surface area contributed by atoms with Crippen molar-refractivity contribution in [2.24, 2.45) is 0 Å². The van der Waals surface area contributed by atoms with Crippen LogP contribution in [-0.4, -0.2) is 46.5 Å². The van der Waals surface area contributed by atoms with E-state index in [4.69, 9.17) is 14.5 Å². The van der Waals surface area contributed by atoms with Crippen molar-refractivity contribution < 1.29 is 93.2 Å². The Hall–Kier alpha value is 2.54. The van der Waals surface area contributed by atoms with Crippen molar-refractivity contribution in [2.75, 3.05) is 26.3 Å². The standard InChI is InChI=1S/C5H13NO7P2.2Na/c7-14(8,9)5(15(10,11)12)6-1-3-13-4-2-6;;/h5H,1-4H2,(H2,7,8,9)(H2,10,11,12);;/q;2*+1/p-2. The molecule has 1 atom stereocenters. The molecule has 1 heterocycles. The van der Waals surface area contributed by atoms with E-state index in [1.807, 2.05) is 0 Å². The van der Waals surface area contributed by atoms with Crippen molar-refractivity contribution in [3.05, 3.63) is 0 Å². The summed E-state index contributed by atoms with van der Waals surface area (Å²) in [5.41, 5.74) is -2.27. The molecule has 1 rings (SSSR count). The Balaban J connectivity index is 0. The maximum atomic E-state index is 10.9. The van der Waals surface area contributed by atoms with Gasteiger partial charge >= 0.3 is 59.1 Å². The van der Waals surface area contributed by atoms with Gasteiger partial charge in [-0.3, -0.25) is 0 Å². The van der Waals surface area contributed by atoms with Crippen LogP contribution in [0.25, 0.3) is 0 Å². The van der Waals surface area contributed by atoms with E-state index < -0.39 is 21.4 Å². The van der Waals surface area contributed by atoms with Gasteiger partial charge in [0.15, 0.2) is 0 Å². The largest absolute Gasteiger partial charge is 1.00 e. The van der Waals surface area contributed by atoms with E-state index in [1.54, 1.807) is 0 Å². The van der Waals surface area contributed by atoms with Crippen LogP contribution in [0.5, 0.6) is 0 Å². The summed E-state index contributed by atoms with van der Waals surface area (Å²) in [7, 11) is -10.3. The average molecular weight is 305 g/mol. The fourth-order valence-electron chi connectivity index (χ4n) is 1.41. The van der Waals surface area contributed by atoms with Crippen molar-refractivity contribution >= 4 is 15.9 Å². The molecule has 8 nitrogen and oxygen atoms in total. The fraction of sp³-hybridized carbons (Fsp3) is 1.00. The summed E-state index contributed by atoms with van der Waals surface area (Å²) in [5, 5.41) is 0. The van der Waals surface area contributed by atoms with E-state index >= 15 is 0 Å². The topological polar surface area (TPSA) is 145 Å². The summed E-state index contributed by atoms with van der Waals surface area (Å²) in [6, 6.07) is 0. The minimum Gasteiger partial charge on any atom is -0.684 e. The van der Waals surface area contributed by atoms with Crippen LogP contribution in [0.4, 0.5) is 0 Å². The summed E-state index contributed by atoms with van der Waals surface area (Å²) in [4.78, 5) is 61.8. The van der Waals surface area contributed by atoms with Crippen LogP contribution >= 0.6 is 15.9 Å². The van der Waals surface area contributed by atoms with Gasteiger partial charge < -0.3 is 24.3 Å². The van der Waals surface area contributed by atoms with Gasteiger partial charge in [-0.05, 0) is 0 Å². The second-order valence-electron chi connectivity index (χ2n) is 3.12. The van der Waals surface area contributed by atoms with Crippen LogP contribution in [0.1, 0.15) is 0 Å². The van der Waals surface area contributed by atoms with Gasteiger partial charge in [-0.15, -0.1) is 0 Å². The van der Waals surface area contributed by atoms with Crippen LogP contribution in [0.15, 0.2) is 0 Å². The van der Waals surface area contributed by atoms with Crippen LogP contribution in [-0.2, 0) is 4.74 Å². The Morgan fingerprint density at radius 1 is 1.00 bits per heavy atom. The van der Waals surface area contributed by atoms with E-state index in [0.29, 0.717) is 0 Å². The van der Waals surface area contributed by atoms with Crippen molar-refractivity contribution in [3.8, 4) is 0 Å². The Morgan fingerprint density at radius 2 is 1.41 bits per heavy atom. The number of hydrogen-bond donors (Lipinski definition) is 2. The molecular weight excluding hydrogens is 294 g/mol. The first-order valence-corrected chi connectivity index (χ1v) is 7.41. The number of hydrogen-bond acceptors (Lipinski definition) is 8. The number of morpholine rings is 1. The zero-order valence-corrected chi connectivity index (χ0v) is 15.5. The third-order valence-corrected chi connectivity index (χ3v) is 5.53. The van der Waals surface area contributed by atoms with Crippen molar-refractivity contribution in [2.45, 2.75) is 5.52 Å².